The second kappa shape index (κ2) is 2.02. The van der Waals surface area contributed by atoms with Crippen LogP contribution in [0.15, 0.2) is 18.5 Å². The van der Waals surface area contributed by atoms with Crippen molar-refractivity contribution in [3.8, 4) is 0 Å². The molecule has 0 fully saturated rings. The van der Waals surface area contributed by atoms with E-state index in [0.717, 1.165) is 0 Å². The third kappa shape index (κ3) is 0.960. The van der Waals surface area contributed by atoms with E-state index in [-0.39, 0.29) is 5.82 Å². The molecule has 2 heterocycles. The molecular formula is C7H6FN3. The molecule has 2 aromatic rings. The van der Waals surface area contributed by atoms with Gasteiger partial charge in [0.15, 0.2) is 0 Å². The van der Waals surface area contributed by atoms with Crippen molar-refractivity contribution >= 4 is 11.0 Å². The van der Waals surface area contributed by atoms with Crippen LogP contribution in [0.2, 0.25) is 0 Å². The van der Waals surface area contributed by atoms with E-state index in [9.17, 15) is 4.39 Å². The summed E-state index contributed by atoms with van der Waals surface area (Å²) in [4.78, 5) is 3.84. The highest BCUT2D eigenvalue weighted by molar-refractivity contribution is 5.72. The molecule has 0 bridgehead atoms. The van der Waals surface area contributed by atoms with Crippen LogP contribution in [0, 0.1) is 5.82 Å². The van der Waals surface area contributed by atoms with Gasteiger partial charge in [0.1, 0.15) is 16.9 Å². The summed E-state index contributed by atoms with van der Waals surface area (Å²) in [5.41, 5.74) is 1.31. The van der Waals surface area contributed by atoms with Gasteiger partial charge in [-0.15, -0.1) is 0 Å². The van der Waals surface area contributed by atoms with Crippen molar-refractivity contribution in [2.45, 2.75) is 0 Å². The van der Waals surface area contributed by atoms with Crippen molar-refractivity contribution in [2.75, 3.05) is 0 Å². The Bertz CT molecular complexity index is 393. The molecule has 0 aliphatic heterocycles. The SMILES string of the molecule is Cn1cc2ncc(F)cc2n1. The Morgan fingerprint density at radius 3 is 3.09 bits per heavy atom. The maximum Gasteiger partial charge on any atom is 0.143 e. The molecule has 0 saturated carbocycles. The van der Waals surface area contributed by atoms with E-state index < -0.39 is 0 Å². The van der Waals surface area contributed by atoms with Crippen LogP contribution in [0.25, 0.3) is 11.0 Å². The van der Waals surface area contributed by atoms with E-state index in [0.29, 0.717) is 11.0 Å². The fourth-order valence-electron chi connectivity index (χ4n) is 0.995. The monoisotopic (exact) mass is 151 g/mol. The van der Waals surface area contributed by atoms with Gasteiger partial charge in [-0.05, 0) is 0 Å². The number of hydrogen-bond acceptors (Lipinski definition) is 2. The van der Waals surface area contributed by atoms with Crippen molar-refractivity contribution in [1.82, 2.24) is 14.8 Å². The zero-order chi connectivity index (χ0) is 7.84. The molecule has 2 aromatic heterocycles. The van der Waals surface area contributed by atoms with Crippen molar-refractivity contribution in [2.24, 2.45) is 7.05 Å². The van der Waals surface area contributed by atoms with Crippen molar-refractivity contribution in [1.29, 1.82) is 0 Å². The van der Waals surface area contributed by atoms with Gasteiger partial charge >= 0.3 is 0 Å². The second-order valence-electron chi connectivity index (χ2n) is 2.36. The predicted molar refractivity (Wildman–Crippen MR) is 38.5 cm³/mol. The molecular weight excluding hydrogens is 145 g/mol. The van der Waals surface area contributed by atoms with Gasteiger partial charge < -0.3 is 0 Å². The quantitative estimate of drug-likeness (QED) is 0.564. The minimum absolute atomic E-state index is 0.351. The number of fused-ring (bicyclic) bond motifs is 1. The first-order valence-electron chi connectivity index (χ1n) is 3.20. The molecule has 11 heavy (non-hydrogen) atoms. The molecule has 0 amide bonds. The Morgan fingerprint density at radius 1 is 1.45 bits per heavy atom. The fourth-order valence-corrected chi connectivity index (χ4v) is 0.995. The van der Waals surface area contributed by atoms with E-state index >= 15 is 0 Å². The van der Waals surface area contributed by atoms with Crippen LogP contribution < -0.4 is 0 Å². The fraction of sp³-hybridized carbons (Fsp3) is 0.143. The van der Waals surface area contributed by atoms with Gasteiger partial charge in [0.2, 0.25) is 0 Å². The number of pyridine rings is 1. The largest absolute Gasteiger partial charge is 0.273 e. The molecule has 2 rings (SSSR count). The first kappa shape index (κ1) is 6.27. The third-order valence-corrected chi connectivity index (χ3v) is 1.44. The average Bonchev–Trinajstić information content (AvgIpc) is 2.27. The summed E-state index contributed by atoms with van der Waals surface area (Å²) in [5.74, 6) is -0.351. The van der Waals surface area contributed by atoms with Crippen LogP contribution in [0.1, 0.15) is 0 Å². The van der Waals surface area contributed by atoms with Crippen LogP contribution >= 0.6 is 0 Å². The Morgan fingerprint density at radius 2 is 2.27 bits per heavy atom. The van der Waals surface area contributed by atoms with Crippen molar-refractivity contribution in [3.63, 3.8) is 0 Å². The molecule has 0 spiro atoms. The van der Waals surface area contributed by atoms with Crippen LogP contribution in [0.4, 0.5) is 4.39 Å². The summed E-state index contributed by atoms with van der Waals surface area (Å²) in [7, 11) is 1.78. The van der Waals surface area contributed by atoms with Gasteiger partial charge in [-0.1, -0.05) is 0 Å². The van der Waals surface area contributed by atoms with E-state index in [1.807, 2.05) is 0 Å². The molecule has 0 atom stereocenters. The van der Waals surface area contributed by atoms with Crippen LogP contribution in [0.5, 0.6) is 0 Å². The molecule has 0 N–H and O–H groups in total. The minimum Gasteiger partial charge on any atom is -0.273 e. The third-order valence-electron chi connectivity index (χ3n) is 1.44. The van der Waals surface area contributed by atoms with Crippen molar-refractivity contribution < 1.29 is 4.39 Å². The molecule has 0 aliphatic carbocycles. The number of halogens is 1. The number of hydrogen-bond donors (Lipinski definition) is 0. The Balaban J connectivity index is 2.82. The number of aromatic nitrogens is 3. The van der Waals surface area contributed by atoms with Crippen LogP contribution in [-0.4, -0.2) is 14.8 Å². The van der Waals surface area contributed by atoms with Gasteiger partial charge in [-0.2, -0.15) is 5.10 Å². The Kier molecular flexibility index (Phi) is 1.15. The number of aryl methyl sites for hydroxylation is 1. The lowest BCUT2D eigenvalue weighted by atomic mass is 10.4. The molecule has 0 saturated heterocycles. The highest BCUT2D eigenvalue weighted by atomic mass is 19.1. The standard InChI is InChI=1S/C7H6FN3/c1-11-4-7-6(10-11)2-5(8)3-9-7/h2-4H,1H3. The second-order valence-corrected chi connectivity index (χ2v) is 2.36. The lowest BCUT2D eigenvalue weighted by Gasteiger charge is -1.84. The lowest BCUT2D eigenvalue weighted by Crippen LogP contribution is -1.84. The van der Waals surface area contributed by atoms with Crippen molar-refractivity contribution in [3.05, 3.63) is 24.3 Å². The topological polar surface area (TPSA) is 30.7 Å². The normalized spacial score (nSPS) is 10.7. The Labute approximate surface area is 62.5 Å². The summed E-state index contributed by atoms with van der Waals surface area (Å²) in [5, 5.41) is 3.99. The number of rotatable bonds is 0. The van der Waals surface area contributed by atoms with Gasteiger partial charge in [-0.25, -0.2) is 9.37 Å². The highest BCUT2D eigenvalue weighted by Gasteiger charge is 1.99. The summed E-state index contributed by atoms with van der Waals surface area (Å²) in [6.07, 6.45) is 2.93. The molecule has 0 aliphatic rings. The van der Waals surface area contributed by atoms with E-state index in [1.165, 1.54) is 12.3 Å². The smallest absolute Gasteiger partial charge is 0.143 e. The van der Waals surface area contributed by atoms with E-state index in [4.69, 9.17) is 0 Å². The van der Waals surface area contributed by atoms with Gasteiger partial charge in [0, 0.05) is 13.1 Å². The molecule has 0 radical (unpaired) electrons. The average molecular weight is 151 g/mol. The molecule has 3 nitrogen and oxygen atoms in total. The summed E-state index contributed by atoms with van der Waals surface area (Å²) in [6.45, 7) is 0. The van der Waals surface area contributed by atoms with Gasteiger partial charge in [-0.3, -0.25) is 4.68 Å². The molecule has 4 heteroatoms. The zero-order valence-corrected chi connectivity index (χ0v) is 5.95. The zero-order valence-electron chi connectivity index (χ0n) is 5.95. The predicted octanol–water partition coefficient (Wildman–Crippen LogP) is 1.11. The maximum atomic E-state index is 12.5. The van der Waals surface area contributed by atoms with Crippen LogP contribution in [0.3, 0.4) is 0 Å². The summed E-state index contributed by atoms with van der Waals surface area (Å²) in [6, 6.07) is 1.36. The van der Waals surface area contributed by atoms with Gasteiger partial charge in [0.25, 0.3) is 0 Å². The first-order valence-corrected chi connectivity index (χ1v) is 3.20. The van der Waals surface area contributed by atoms with Gasteiger partial charge in [0.05, 0.1) is 12.4 Å². The maximum absolute atomic E-state index is 12.5. The first-order chi connectivity index (χ1) is 5.25. The summed E-state index contributed by atoms with van der Waals surface area (Å²) >= 11 is 0. The minimum atomic E-state index is -0.351. The molecule has 56 valence electrons. The highest BCUT2D eigenvalue weighted by Crippen LogP contribution is 2.08. The summed E-state index contributed by atoms with van der Waals surface area (Å²) < 4.78 is 14.1. The van der Waals surface area contributed by atoms with E-state index in [1.54, 1.807) is 17.9 Å². The van der Waals surface area contributed by atoms with Crippen LogP contribution in [-0.2, 0) is 7.05 Å². The van der Waals surface area contributed by atoms with E-state index in [2.05, 4.69) is 10.1 Å². The lowest BCUT2D eigenvalue weighted by molar-refractivity contribution is 0.624. The molecule has 0 aromatic carbocycles. The Hall–Kier alpha value is -1.45. The number of nitrogens with zero attached hydrogens (tertiary/aromatic N) is 3. The molecule has 0 unspecified atom stereocenters.